The number of ether oxygens (including phenoxy) is 2. The molecule has 4 rings (SSSR count). The highest BCUT2D eigenvalue weighted by Crippen LogP contribution is 2.34. The molecule has 0 spiro atoms. The third kappa shape index (κ3) is 2.65. The summed E-state index contributed by atoms with van der Waals surface area (Å²) in [5.41, 5.74) is 3.82. The lowest BCUT2D eigenvalue weighted by Crippen LogP contribution is -2.27. The Morgan fingerprint density at radius 1 is 1.23 bits per heavy atom. The number of amides is 1. The molecule has 1 atom stereocenters. The van der Waals surface area contributed by atoms with Crippen molar-refractivity contribution in [2.45, 2.75) is 26.8 Å². The van der Waals surface area contributed by atoms with Crippen molar-refractivity contribution in [2.24, 2.45) is 7.05 Å². The first-order chi connectivity index (χ1) is 12.4. The second kappa shape index (κ2) is 6.01. The molecule has 3 aromatic rings. The van der Waals surface area contributed by atoms with Crippen LogP contribution in [-0.2, 0) is 7.05 Å². The summed E-state index contributed by atoms with van der Waals surface area (Å²) in [6.07, 6.45) is 0. The molecular weight excluding hydrogens is 332 g/mol. The van der Waals surface area contributed by atoms with E-state index in [0.717, 1.165) is 28.1 Å². The van der Waals surface area contributed by atoms with Gasteiger partial charge in [-0.25, -0.2) is 4.98 Å². The van der Waals surface area contributed by atoms with Gasteiger partial charge in [-0.05, 0) is 44.5 Å². The molecule has 7 heteroatoms. The van der Waals surface area contributed by atoms with E-state index in [1.165, 1.54) is 0 Å². The van der Waals surface area contributed by atoms with E-state index < -0.39 is 0 Å². The fourth-order valence-electron chi connectivity index (χ4n) is 3.29. The van der Waals surface area contributed by atoms with Crippen LogP contribution < -0.4 is 14.8 Å². The van der Waals surface area contributed by atoms with Crippen molar-refractivity contribution < 1.29 is 14.3 Å². The highest BCUT2D eigenvalue weighted by molar-refractivity contribution is 6.06. The maximum Gasteiger partial charge on any atom is 0.252 e. The molecule has 26 heavy (non-hydrogen) atoms. The number of hydrogen-bond acceptors (Lipinski definition) is 5. The summed E-state index contributed by atoms with van der Waals surface area (Å²) in [7, 11) is 1.83. The zero-order valence-electron chi connectivity index (χ0n) is 15.2. The van der Waals surface area contributed by atoms with Crippen molar-refractivity contribution in [1.82, 2.24) is 20.1 Å². The van der Waals surface area contributed by atoms with Gasteiger partial charge >= 0.3 is 0 Å². The molecule has 0 saturated carbocycles. The van der Waals surface area contributed by atoms with Gasteiger partial charge in [-0.2, -0.15) is 5.10 Å². The maximum absolute atomic E-state index is 13.0. The van der Waals surface area contributed by atoms with Gasteiger partial charge in [0, 0.05) is 12.7 Å². The number of aryl methyl sites for hydroxylation is 3. The highest BCUT2D eigenvalue weighted by Gasteiger charge is 2.21. The standard InChI is InChI=1S/C19H20N4O3/c1-10-7-14(17-12(3)22-23(4)18(17)20-10)19(24)21-11(2)13-5-6-15-16(8-13)26-9-25-15/h5-8,11H,9H2,1-4H3,(H,21,24)/t11-/m0/s1. The maximum atomic E-state index is 13.0. The number of rotatable bonds is 3. The molecule has 7 nitrogen and oxygen atoms in total. The first-order valence-corrected chi connectivity index (χ1v) is 8.45. The van der Waals surface area contributed by atoms with Crippen LogP contribution in [-0.4, -0.2) is 27.5 Å². The second-order valence-corrected chi connectivity index (χ2v) is 6.53. The van der Waals surface area contributed by atoms with E-state index >= 15 is 0 Å². The quantitative estimate of drug-likeness (QED) is 0.784. The molecule has 0 saturated heterocycles. The van der Waals surface area contributed by atoms with Gasteiger partial charge in [0.25, 0.3) is 5.91 Å². The van der Waals surface area contributed by atoms with Crippen molar-refractivity contribution in [1.29, 1.82) is 0 Å². The van der Waals surface area contributed by atoms with Crippen LogP contribution in [0.3, 0.4) is 0 Å². The van der Waals surface area contributed by atoms with Gasteiger partial charge in [0.1, 0.15) is 0 Å². The number of pyridine rings is 1. The van der Waals surface area contributed by atoms with Crippen molar-refractivity contribution in [2.75, 3.05) is 6.79 Å². The van der Waals surface area contributed by atoms with E-state index in [1.807, 2.05) is 46.0 Å². The zero-order chi connectivity index (χ0) is 18.4. The molecule has 1 aliphatic rings. The van der Waals surface area contributed by atoms with Gasteiger partial charge in [-0.15, -0.1) is 0 Å². The fraction of sp³-hybridized carbons (Fsp3) is 0.316. The summed E-state index contributed by atoms with van der Waals surface area (Å²) in [5.74, 6) is 1.28. The van der Waals surface area contributed by atoms with E-state index in [9.17, 15) is 4.79 Å². The van der Waals surface area contributed by atoms with Gasteiger partial charge in [0.15, 0.2) is 17.1 Å². The van der Waals surface area contributed by atoms with Crippen molar-refractivity contribution >= 4 is 16.9 Å². The minimum Gasteiger partial charge on any atom is -0.454 e. The highest BCUT2D eigenvalue weighted by atomic mass is 16.7. The van der Waals surface area contributed by atoms with Crippen LogP contribution in [0, 0.1) is 13.8 Å². The van der Waals surface area contributed by atoms with Gasteiger partial charge in [-0.3, -0.25) is 9.48 Å². The van der Waals surface area contributed by atoms with Crippen molar-refractivity contribution in [3.63, 3.8) is 0 Å². The van der Waals surface area contributed by atoms with Crippen LogP contribution in [0.5, 0.6) is 11.5 Å². The molecule has 1 N–H and O–H groups in total. The molecule has 1 aromatic carbocycles. The molecule has 134 valence electrons. The number of fused-ring (bicyclic) bond motifs is 2. The molecule has 3 heterocycles. The Bertz CT molecular complexity index is 1030. The van der Waals surface area contributed by atoms with Crippen LogP contribution in [0.25, 0.3) is 11.0 Å². The molecule has 1 amide bonds. The number of carbonyl (C=O) groups is 1. The van der Waals surface area contributed by atoms with E-state index in [4.69, 9.17) is 9.47 Å². The molecule has 0 aliphatic carbocycles. The summed E-state index contributed by atoms with van der Waals surface area (Å²) >= 11 is 0. The SMILES string of the molecule is Cc1cc(C(=O)N[C@@H](C)c2ccc3c(c2)OCO3)c2c(C)nn(C)c2n1. The predicted molar refractivity (Wildman–Crippen MR) is 96.4 cm³/mol. The number of hydrogen-bond donors (Lipinski definition) is 1. The van der Waals surface area contributed by atoms with Crippen molar-refractivity contribution in [3.8, 4) is 11.5 Å². The summed E-state index contributed by atoms with van der Waals surface area (Å²) in [4.78, 5) is 17.5. The van der Waals surface area contributed by atoms with E-state index in [-0.39, 0.29) is 18.7 Å². The Morgan fingerprint density at radius 3 is 2.81 bits per heavy atom. The molecule has 1 aliphatic heterocycles. The van der Waals surface area contributed by atoms with Gasteiger partial charge in [0.05, 0.1) is 22.7 Å². The van der Waals surface area contributed by atoms with E-state index in [2.05, 4.69) is 15.4 Å². The largest absolute Gasteiger partial charge is 0.454 e. The summed E-state index contributed by atoms with van der Waals surface area (Å²) < 4.78 is 12.5. The van der Waals surface area contributed by atoms with E-state index in [1.54, 1.807) is 10.7 Å². The number of nitrogens with zero attached hydrogens (tertiary/aromatic N) is 3. The number of carbonyl (C=O) groups excluding carboxylic acids is 1. The first-order valence-electron chi connectivity index (χ1n) is 8.45. The predicted octanol–water partition coefficient (Wildman–Crippen LogP) is 2.80. The Balaban J connectivity index is 1.65. The zero-order valence-corrected chi connectivity index (χ0v) is 15.2. The molecule has 0 radical (unpaired) electrons. The average molecular weight is 352 g/mol. The Labute approximate surface area is 150 Å². The van der Waals surface area contributed by atoms with E-state index in [0.29, 0.717) is 17.0 Å². The first kappa shape index (κ1) is 16.4. The summed E-state index contributed by atoms with van der Waals surface area (Å²) in [6.45, 7) is 5.93. The van der Waals surface area contributed by atoms with Gasteiger partial charge < -0.3 is 14.8 Å². The molecular formula is C19H20N4O3. The fourth-order valence-corrected chi connectivity index (χ4v) is 3.29. The van der Waals surface area contributed by atoms with Crippen LogP contribution >= 0.6 is 0 Å². The summed E-state index contributed by atoms with van der Waals surface area (Å²) in [5, 5.41) is 8.24. The third-order valence-corrected chi connectivity index (χ3v) is 4.59. The van der Waals surface area contributed by atoms with Crippen LogP contribution in [0.2, 0.25) is 0 Å². The topological polar surface area (TPSA) is 78.3 Å². The van der Waals surface area contributed by atoms with Crippen LogP contribution in [0.15, 0.2) is 24.3 Å². The smallest absolute Gasteiger partial charge is 0.252 e. The summed E-state index contributed by atoms with van der Waals surface area (Å²) in [6, 6.07) is 7.31. The van der Waals surface area contributed by atoms with Crippen LogP contribution in [0.4, 0.5) is 0 Å². The van der Waals surface area contributed by atoms with Crippen molar-refractivity contribution in [3.05, 3.63) is 46.8 Å². The molecule has 2 aromatic heterocycles. The Morgan fingerprint density at radius 2 is 2.00 bits per heavy atom. The monoisotopic (exact) mass is 352 g/mol. The lowest BCUT2D eigenvalue weighted by Gasteiger charge is -2.15. The number of nitrogens with one attached hydrogen (secondary N) is 1. The molecule has 0 fully saturated rings. The second-order valence-electron chi connectivity index (χ2n) is 6.53. The number of benzene rings is 1. The van der Waals surface area contributed by atoms with Gasteiger partial charge in [-0.1, -0.05) is 6.07 Å². The average Bonchev–Trinajstić information content (AvgIpc) is 3.18. The lowest BCUT2D eigenvalue weighted by atomic mass is 10.1. The molecule has 0 bridgehead atoms. The lowest BCUT2D eigenvalue weighted by molar-refractivity contribution is 0.0941. The van der Waals surface area contributed by atoms with Gasteiger partial charge in [0.2, 0.25) is 6.79 Å². The van der Waals surface area contributed by atoms with Crippen LogP contribution in [0.1, 0.15) is 40.3 Å². The third-order valence-electron chi connectivity index (χ3n) is 4.59. The Kier molecular flexibility index (Phi) is 3.79. The minimum atomic E-state index is -0.183. The molecule has 0 unspecified atom stereocenters. The normalized spacial score (nSPS) is 13.8. The minimum absolute atomic E-state index is 0.151. The number of aromatic nitrogens is 3. The Hall–Kier alpha value is -3.09.